The number of para-hydroxylation sites is 1. The highest BCUT2D eigenvalue weighted by Gasteiger charge is 2.09. The number of ether oxygens (including phenoxy) is 1. The summed E-state index contributed by atoms with van der Waals surface area (Å²) in [5.74, 6) is 0.318. The van der Waals surface area contributed by atoms with Crippen LogP contribution in [0.2, 0.25) is 5.02 Å². The molecule has 88 valence electrons. The van der Waals surface area contributed by atoms with Crippen LogP contribution in [0.4, 0.5) is 10.5 Å². The van der Waals surface area contributed by atoms with Crippen molar-refractivity contribution in [3.63, 3.8) is 0 Å². The van der Waals surface area contributed by atoms with Gasteiger partial charge in [-0.05, 0) is 24.5 Å². The largest absolute Gasteiger partial charge is 0.449 e. The van der Waals surface area contributed by atoms with E-state index in [2.05, 4.69) is 5.32 Å². The average Bonchev–Trinajstić information content (AvgIpc) is 2.21. The first-order chi connectivity index (χ1) is 7.50. The number of benzene rings is 1. The van der Waals surface area contributed by atoms with Gasteiger partial charge in [0.1, 0.15) is 0 Å². The molecule has 1 aromatic carbocycles. The average molecular weight is 242 g/mol. The Morgan fingerprint density at radius 1 is 1.50 bits per heavy atom. The zero-order chi connectivity index (χ0) is 12.1. The van der Waals surface area contributed by atoms with Crippen molar-refractivity contribution in [2.75, 3.05) is 11.9 Å². The fraction of sp³-hybridized carbons (Fsp3) is 0.417. The van der Waals surface area contributed by atoms with E-state index < -0.39 is 6.09 Å². The van der Waals surface area contributed by atoms with Crippen LogP contribution in [-0.2, 0) is 4.74 Å². The molecular weight excluding hydrogens is 226 g/mol. The zero-order valence-electron chi connectivity index (χ0n) is 9.71. The van der Waals surface area contributed by atoms with E-state index in [-0.39, 0.29) is 0 Å². The second kappa shape index (κ2) is 5.75. The molecular formula is C12H16ClNO2. The van der Waals surface area contributed by atoms with Crippen molar-refractivity contribution in [1.82, 2.24) is 0 Å². The van der Waals surface area contributed by atoms with Gasteiger partial charge in [0.05, 0.1) is 17.3 Å². The molecule has 1 N–H and O–H groups in total. The van der Waals surface area contributed by atoms with E-state index in [1.807, 2.05) is 32.9 Å². The van der Waals surface area contributed by atoms with E-state index in [4.69, 9.17) is 16.3 Å². The Hall–Kier alpha value is -1.22. The highest BCUT2D eigenvalue weighted by atomic mass is 35.5. The van der Waals surface area contributed by atoms with E-state index in [0.29, 0.717) is 23.2 Å². The number of hydrogen-bond donors (Lipinski definition) is 1. The fourth-order valence-electron chi connectivity index (χ4n) is 1.17. The number of nitrogens with one attached hydrogen (secondary N) is 1. The maximum absolute atomic E-state index is 11.4. The quantitative estimate of drug-likeness (QED) is 0.873. The second-order valence-corrected chi connectivity index (χ2v) is 4.46. The summed E-state index contributed by atoms with van der Waals surface area (Å²) in [7, 11) is 0. The van der Waals surface area contributed by atoms with Gasteiger partial charge in [0.2, 0.25) is 0 Å². The summed E-state index contributed by atoms with van der Waals surface area (Å²) >= 11 is 5.97. The molecule has 0 bridgehead atoms. The van der Waals surface area contributed by atoms with E-state index >= 15 is 0 Å². The number of rotatable bonds is 3. The van der Waals surface area contributed by atoms with Crippen LogP contribution in [0.25, 0.3) is 0 Å². The van der Waals surface area contributed by atoms with Gasteiger partial charge >= 0.3 is 6.09 Å². The lowest BCUT2D eigenvalue weighted by Gasteiger charge is -2.11. The van der Waals surface area contributed by atoms with E-state index in [1.54, 1.807) is 6.07 Å². The summed E-state index contributed by atoms with van der Waals surface area (Å²) < 4.78 is 5.01. The van der Waals surface area contributed by atoms with E-state index in [0.717, 1.165) is 5.56 Å². The van der Waals surface area contributed by atoms with Crippen LogP contribution in [0.5, 0.6) is 0 Å². The molecule has 4 heteroatoms. The predicted octanol–water partition coefficient (Wildman–Crippen LogP) is 3.85. The molecule has 16 heavy (non-hydrogen) atoms. The van der Waals surface area contributed by atoms with Crippen molar-refractivity contribution in [3.05, 3.63) is 28.8 Å². The topological polar surface area (TPSA) is 38.3 Å². The molecule has 3 nitrogen and oxygen atoms in total. The summed E-state index contributed by atoms with van der Waals surface area (Å²) in [5.41, 5.74) is 1.52. The molecule has 0 aliphatic heterocycles. The number of carbonyl (C=O) groups is 1. The van der Waals surface area contributed by atoms with E-state index in [1.165, 1.54) is 0 Å². The first-order valence-corrected chi connectivity index (χ1v) is 5.57. The van der Waals surface area contributed by atoms with Gasteiger partial charge in [-0.3, -0.25) is 5.32 Å². The Labute approximate surface area is 101 Å². The van der Waals surface area contributed by atoms with Gasteiger partial charge in [-0.25, -0.2) is 4.79 Å². The van der Waals surface area contributed by atoms with Gasteiger partial charge in [-0.15, -0.1) is 0 Å². The first-order valence-electron chi connectivity index (χ1n) is 5.19. The summed E-state index contributed by atoms with van der Waals surface area (Å²) in [5, 5.41) is 3.16. The molecule has 0 atom stereocenters. The molecule has 0 radical (unpaired) electrons. The monoisotopic (exact) mass is 241 g/mol. The summed E-state index contributed by atoms with van der Waals surface area (Å²) in [6.07, 6.45) is -0.468. The molecule has 0 heterocycles. The minimum Gasteiger partial charge on any atom is -0.449 e. The van der Waals surface area contributed by atoms with Gasteiger partial charge < -0.3 is 4.74 Å². The lowest BCUT2D eigenvalue weighted by atomic mass is 10.2. The Bertz CT molecular complexity index is 357. The molecule has 1 rings (SSSR count). The third kappa shape index (κ3) is 3.74. The standard InChI is InChI=1S/C12H16ClNO2/c1-8(2)7-16-12(15)14-11-9(3)5-4-6-10(11)13/h4-6,8H,7H2,1-3H3,(H,14,15). The Balaban J connectivity index is 2.63. The number of halogens is 1. The van der Waals surface area contributed by atoms with Crippen LogP contribution in [0.3, 0.4) is 0 Å². The Morgan fingerprint density at radius 2 is 2.19 bits per heavy atom. The summed E-state index contributed by atoms with van der Waals surface area (Å²) in [6.45, 7) is 6.24. The number of hydrogen-bond acceptors (Lipinski definition) is 2. The van der Waals surface area contributed by atoms with Crippen molar-refractivity contribution in [1.29, 1.82) is 0 Å². The van der Waals surface area contributed by atoms with Gasteiger partial charge in [0.25, 0.3) is 0 Å². The SMILES string of the molecule is Cc1cccc(Cl)c1NC(=O)OCC(C)C. The van der Waals surface area contributed by atoms with Crippen LogP contribution in [-0.4, -0.2) is 12.7 Å². The summed E-state index contributed by atoms with van der Waals surface area (Å²) in [6, 6.07) is 5.44. The van der Waals surface area contributed by atoms with E-state index in [9.17, 15) is 4.79 Å². The van der Waals surface area contributed by atoms with Gasteiger partial charge in [0.15, 0.2) is 0 Å². The molecule has 0 aliphatic rings. The van der Waals surface area contributed by atoms with Crippen LogP contribution < -0.4 is 5.32 Å². The number of aryl methyl sites for hydroxylation is 1. The van der Waals surface area contributed by atoms with Crippen LogP contribution in [0.15, 0.2) is 18.2 Å². The maximum atomic E-state index is 11.4. The number of carbonyl (C=O) groups excluding carboxylic acids is 1. The van der Waals surface area contributed by atoms with Crippen molar-refractivity contribution in [2.45, 2.75) is 20.8 Å². The van der Waals surface area contributed by atoms with Gasteiger partial charge in [0, 0.05) is 0 Å². The Kier molecular flexibility index (Phi) is 4.62. The molecule has 0 aromatic heterocycles. The normalized spacial score (nSPS) is 10.3. The van der Waals surface area contributed by atoms with Crippen LogP contribution >= 0.6 is 11.6 Å². The zero-order valence-corrected chi connectivity index (χ0v) is 10.5. The number of amides is 1. The fourth-order valence-corrected chi connectivity index (χ4v) is 1.44. The molecule has 1 amide bonds. The first kappa shape index (κ1) is 12.8. The molecule has 0 spiro atoms. The lowest BCUT2D eigenvalue weighted by molar-refractivity contribution is 0.147. The highest BCUT2D eigenvalue weighted by Crippen LogP contribution is 2.25. The molecule has 0 saturated carbocycles. The van der Waals surface area contributed by atoms with Crippen molar-refractivity contribution in [2.24, 2.45) is 5.92 Å². The summed E-state index contributed by atoms with van der Waals surface area (Å²) in [4.78, 5) is 11.4. The minimum absolute atomic E-state index is 0.318. The predicted molar refractivity (Wildman–Crippen MR) is 66.0 cm³/mol. The van der Waals surface area contributed by atoms with Gasteiger partial charge in [-0.2, -0.15) is 0 Å². The molecule has 1 aromatic rings. The van der Waals surface area contributed by atoms with Crippen molar-refractivity contribution < 1.29 is 9.53 Å². The molecule has 0 aliphatic carbocycles. The van der Waals surface area contributed by atoms with Crippen molar-refractivity contribution >= 4 is 23.4 Å². The lowest BCUT2D eigenvalue weighted by Crippen LogP contribution is -2.17. The third-order valence-electron chi connectivity index (χ3n) is 2.00. The highest BCUT2D eigenvalue weighted by molar-refractivity contribution is 6.33. The second-order valence-electron chi connectivity index (χ2n) is 4.05. The third-order valence-corrected chi connectivity index (χ3v) is 2.31. The minimum atomic E-state index is -0.468. The maximum Gasteiger partial charge on any atom is 0.411 e. The van der Waals surface area contributed by atoms with Crippen molar-refractivity contribution in [3.8, 4) is 0 Å². The molecule has 0 saturated heterocycles. The van der Waals surface area contributed by atoms with Crippen LogP contribution in [0, 0.1) is 12.8 Å². The number of anilines is 1. The van der Waals surface area contributed by atoms with Crippen LogP contribution in [0.1, 0.15) is 19.4 Å². The molecule has 0 fully saturated rings. The smallest absolute Gasteiger partial charge is 0.411 e. The Morgan fingerprint density at radius 3 is 2.75 bits per heavy atom. The van der Waals surface area contributed by atoms with Gasteiger partial charge in [-0.1, -0.05) is 37.6 Å². The molecule has 0 unspecified atom stereocenters.